The lowest BCUT2D eigenvalue weighted by Crippen LogP contribution is -2.46. The van der Waals surface area contributed by atoms with Gasteiger partial charge in [0.15, 0.2) is 0 Å². The molecule has 0 N–H and O–H groups in total. The van der Waals surface area contributed by atoms with Crippen molar-refractivity contribution in [2.24, 2.45) is 0 Å². The lowest BCUT2D eigenvalue weighted by molar-refractivity contribution is -0.119. The van der Waals surface area contributed by atoms with Gasteiger partial charge in [-0.05, 0) is 12.1 Å². The Morgan fingerprint density at radius 3 is 2.06 bits per heavy atom. The Hall–Kier alpha value is -1.36. The molecule has 0 radical (unpaired) electrons. The zero-order valence-corrected chi connectivity index (χ0v) is 11.8. The number of halogens is 1. The first-order chi connectivity index (χ1) is 8.69. The molecule has 0 aliphatic carbocycles. The summed E-state index contributed by atoms with van der Waals surface area (Å²) in [6.07, 6.45) is 0.473. The number of hydrogen-bond donors (Lipinski definition) is 0. The summed E-state index contributed by atoms with van der Waals surface area (Å²) in [6, 6.07) is 7.53. The van der Waals surface area contributed by atoms with Crippen LogP contribution in [-0.2, 0) is 9.59 Å². The van der Waals surface area contributed by atoms with E-state index in [-0.39, 0.29) is 11.8 Å². The predicted molar refractivity (Wildman–Crippen MR) is 75.2 cm³/mol. The summed E-state index contributed by atoms with van der Waals surface area (Å²) < 4.78 is 0. The van der Waals surface area contributed by atoms with E-state index in [0.717, 1.165) is 11.4 Å². The molecule has 0 spiro atoms. The van der Waals surface area contributed by atoms with Crippen molar-refractivity contribution < 1.29 is 9.59 Å². The molecule has 96 valence electrons. The number of rotatable bonds is 2. The van der Waals surface area contributed by atoms with Gasteiger partial charge in [0.2, 0.25) is 11.8 Å². The predicted octanol–water partition coefficient (Wildman–Crippen LogP) is 2.17. The third kappa shape index (κ3) is 2.27. The van der Waals surface area contributed by atoms with Crippen LogP contribution in [0, 0.1) is 0 Å². The molecule has 0 bridgehead atoms. The summed E-state index contributed by atoms with van der Waals surface area (Å²) in [5.74, 6) is 0.111. The lowest BCUT2D eigenvalue weighted by Gasteiger charge is -2.36. The molecule has 4 nitrogen and oxygen atoms in total. The highest BCUT2D eigenvalue weighted by Crippen LogP contribution is 2.33. The van der Waals surface area contributed by atoms with Crippen LogP contribution in [0.5, 0.6) is 0 Å². The van der Waals surface area contributed by atoms with Crippen molar-refractivity contribution in [3.05, 3.63) is 24.3 Å². The molecule has 18 heavy (non-hydrogen) atoms. The van der Waals surface area contributed by atoms with Gasteiger partial charge in [0.25, 0.3) is 0 Å². The monoisotopic (exact) mass is 310 g/mol. The Labute approximate surface area is 115 Å². The summed E-state index contributed by atoms with van der Waals surface area (Å²) in [4.78, 5) is 27.2. The number of carbonyl (C=O) groups is 2. The third-order valence-corrected chi connectivity index (χ3v) is 3.51. The first-order valence-electron chi connectivity index (χ1n) is 5.94. The second kappa shape index (κ2) is 5.52. The first kappa shape index (κ1) is 13.1. The lowest BCUT2D eigenvalue weighted by atomic mass is 10.1. The molecule has 2 rings (SSSR count). The number of carbonyl (C=O) groups excluding carboxylic acids is 2. The minimum atomic E-state index is 0.0195. The average Bonchev–Trinajstić information content (AvgIpc) is 2.44. The van der Waals surface area contributed by atoms with Crippen molar-refractivity contribution in [2.75, 3.05) is 28.2 Å². The van der Waals surface area contributed by atoms with E-state index in [0.29, 0.717) is 24.8 Å². The van der Waals surface area contributed by atoms with E-state index in [9.17, 15) is 9.59 Å². The molecular weight excluding hydrogens is 296 g/mol. The van der Waals surface area contributed by atoms with Crippen LogP contribution in [0.4, 0.5) is 11.4 Å². The van der Waals surface area contributed by atoms with Crippen LogP contribution >= 0.6 is 15.9 Å². The molecule has 1 aromatic carbocycles. The van der Waals surface area contributed by atoms with E-state index < -0.39 is 0 Å². The number of para-hydroxylation sites is 2. The molecule has 1 aliphatic heterocycles. The Morgan fingerprint density at radius 2 is 1.61 bits per heavy atom. The fourth-order valence-corrected chi connectivity index (χ4v) is 2.45. The quantitative estimate of drug-likeness (QED) is 0.786. The third-order valence-electron chi connectivity index (χ3n) is 3.03. The number of amides is 2. The van der Waals surface area contributed by atoms with Gasteiger partial charge in [0, 0.05) is 19.5 Å². The van der Waals surface area contributed by atoms with Crippen LogP contribution in [0.3, 0.4) is 0 Å². The number of nitrogens with zero attached hydrogens (tertiary/aromatic N) is 2. The fourth-order valence-electron chi connectivity index (χ4n) is 2.14. The molecule has 1 aliphatic rings. The SMILES string of the molecule is CCC(=O)N1CCN(C(=O)CBr)c2ccccc21. The van der Waals surface area contributed by atoms with Crippen molar-refractivity contribution >= 4 is 39.1 Å². The Balaban J connectivity index is 2.40. The van der Waals surface area contributed by atoms with E-state index in [1.54, 1.807) is 9.80 Å². The molecular formula is C13H15BrN2O2. The molecule has 0 unspecified atom stereocenters. The highest BCUT2D eigenvalue weighted by Gasteiger charge is 2.28. The zero-order valence-electron chi connectivity index (χ0n) is 10.2. The minimum absolute atomic E-state index is 0.0195. The van der Waals surface area contributed by atoms with Gasteiger partial charge in [-0.2, -0.15) is 0 Å². The first-order valence-corrected chi connectivity index (χ1v) is 7.07. The smallest absolute Gasteiger partial charge is 0.237 e. The number of hydrogen-bond acceptors (Lipinski definition) is 2. The van der Waals surface area contributed by atoms with Gasteiger partial charge in [-0.15, -0.1) is 0 Å². The average molecular weight is 311 g/mol. The normalized spacial score (nSPS) is 14.3. The molecule has 0 fully saturated rings. The van der Waals surface area contributed by atoms with Gasteiger partial charge < -0.3 is 9.80 Å². The maximum Gasteiger partial charge on any atom is 0.237 e. The van der Waals surface area contributed by atoms with E-state index in [4.69, 9.17) is 0 Å². The van der Waals surface area contributed by atoms with Crippen LogP contribution in [0.1, 0.15) is 13.3 Å². The van der Waals surface area contributed by atoms with Crippen LogP contribution < -0.4 is 9.80 Å². The van der Waals surface area contributed by atoms with Crippen LogP contribution in [-0.4, -0.2) is 30.2 Å². The van der Waals surface area contributed by atoms with Gasteiger partial charge in [-0.3, -0.25) is 9.59 Å². The second-order valence-electron chi connectivity index (χ2n) is 4.07. The van der Waals surface area contributed by atoms with Crippen molar-refractivity contribution in [1.29, 1.82) is 0 Å². The van der Waals surface area contributed by atoms with Gasteiger partial charge >= 0.3 is 0 Å². The minimum Gasteiger partial charge on any atom is -0.309 e. The number of fused-ring (bicyclic) bond motifs is 1. The maximum absolute atomic E-state index is 11.9. The summed E-state index contributed by atoms with van der Waals surface area (Å²) in [5, 5.41) is 0.295. The molecule has 0 aromatic heterocycles. The van der Waals surface area contributed by atoms with Crippen molar-refractivity contribution in [3.8, 4) is 0 Å². The van der Waals surface area contributed by atoms with E-state index in [2.05, 4.69) is 15.9 Å². The van der Waals surface area contributed by atoms with Gasteiger partial charge in [-0.1, -0.05) is 35.0 Å². The maximum atomic E-state index is 11.9. The zero-order chi connectivity index (χ0) is 13.1. The highest BCUT2D eigenvalue weighted by atomic mass is 79.9. The number of alkyl halides is 1. The summed E-state index contributed by atoms with van der Waals surface area (Å²) in [5.41, 5.74) is 1.64. The second-order valence-corrected chi connectivity index (χ2v) is 4.63. The largest absolute Gasteiger partial charge is 0.309 e. The summed E-state index contributed by atoms with van der Waals surface area (Å²) in [6.45, 7) is 2.95. The van der Waals surface area contributed by atoms with Gasteiger partial charge in [0.05, 0.1) is 16.7 Å². The molecule has 0 atom stereocenters. The molecule has 0 saturated heterocycles. The Morgan fingerprint density at radius 1 is 1.11 bits per heavy atom. The van der Waals surface area contributed by atoms with Crippen LogP contribution in [0.15, 0.2) is 24.3 Å². The van der Waals surface area contributed by atoms with Crippen LogP contribution in [0.25, 0.3) is 0 Å². The summed E-state index contributed by atoms with van der Waals surface area (Å²) >= 11 is 3.19. The number of benzene rings is 1. The molecule has 2 amide bonds. The van der Waals surface area contributed by atoms with Crippen molar-refractivity contribution in [2.45, 2.75) is 13.3 Å². The molecule has 1 heterocycles. The highest BCUT2D eigenvalue weighted by molar-refractivity contribution is 9.09. The Kier molecular flexibility index (Phi) is 4.01. The Bertz CT molecular complexity index is 433. The van der Waals surface area contributed by atoms with Gasteiger partial charge in [0.1, 0.15) is 0 Å². The summed E-state index contributed by atoms with van der Waals surface area (Å²) in [7, 11) is 0. The fraction of sp³-hybridized carbons (Fsp3) is 0.385. The van der Waals surface area contributed by atoms with E-state index in [1.165, 1.54) is 0 Å². The molecule has 5 heteroatoms. The van der Waals surface area contributed by atoms with Crippen molar-refractivity contribution in [1.82, 2.24) is 0 Å². The van der Waals surface area contributed by atoms with E-state index in [1.807, 2.05) is 31.2 Å². The molecule has 0 saturated carbocycles. The van der Waals surface area contributed by atoms with Gasteiger partial charge in [-0.25, -0.2) is 0 Å². The topological polar surface area (TPSA) is 40.6 Å². The van der Waals surface area contributed by atoms with E-state index >= 15 is 0 Å². The number of anilines is 2. The van der Waals surface area contributed by atoms with Crippen LogP contribution in [0.2, 0.25) is 0 Å². The standard InChI is InChI=1S/C13H15BrN2O2/c1-2-12(17)15-7-8-16(13(18)9-14)11-6-4-3-5-10(11)15/h3-6H,2,7-9H2,1H3. The van der Waals surface area contributed by atoms with Crippen molar-refractivity contribution in [3.63, 3.8) is 0 Å². The molecule has 1 aromatic rings.